The van der Waals surface area contributed by atoms with Crippen LogP contribution in [0.3, 0.4) is 0 Å². The Balaban J connectivity index is 1.16. The highest BCUT2D eigenvalue weighted by molar-refractivity contribution is 9.10. The van der Waals surface area contributed by atoms with E-state index < -0.39 is 0 Å². The van der Waals surface area contributed by atoms with Gasteiger partial charge in [-0.15, -0.1) is 0 Å². The van der Waals surface area contributed by atoms with Gasteiger partial charge in [-0.3, -0.25) is 14.4 Å². The first-order valence-corrected chi connectivity index (χ1v) is 11.4. The van der Waals surface area contributed by atoms with Crippen LogP contribution in [-0.4, -0.2) is 68.2 Å². The maximum absolute atomic E-state index is 13.0. The molecular formula is C22H25BrN6O3. The summed E-state index contributed by atoms with van der Waals surface area (Å²) >= 11 is 3.54. The summed E-state index contributed by atoms with van der Waals surface area (Å²) in [5, 5.41) is 8.99. The normalized spacial score (nSPS) is 16.0. The van der Waals surface area contributed by atoms with Crippen molar-refractivity contribution >= 4 is 21.8 Å². The monoisotopic (exact) mass is 500 g/mol. The number of carbonyl (C=O) groups excluding carboxylic acids is 1. The van der Waals surface area contributed by atoms with E-state index in [9.17, 15) is 4.79 Å². The van der Waals surface area contributed by atoms with E-state index in [1.807, 2.05) is 41.8 Å². The lowest BCUT2D eigenvalue weighted by molar-refractivity contribution is 0.0621. The second kappa shape index (κ2) is 8.59. The topological polar surface area (TPSA) is 77.7 Å². The highest BCUT2D eigenvalue weighted by atomic mass is 79.9. The third-order valence-electron chi connectivity index (χ3n) is 5.93. The van der Waals surface area contributed by atoms with Crippen LogP contribution in [0.4, 0.5) is 0 Å². The van der Waals surface area contributed by atoms with Crippen LogP contribution in [0.5, 0.6) is 11.5 Å². The smallest absolute Gasteiger partial charge is 0.274 e. The van der Waals surface area contributed by atoms with E-state index >= 15 is 0 Å². The molecule has 0 bridgehead atoms. The lowest BCUT2D eigenvalue weighted by atomic mass is 10.1. The molecule has 9 nitrogen and oxygen atoms in total. The molecule has 0 aliphatic carbocycles. The Hall–Kier alpha value is -2.85. The number of carbonyl (C=O) groups is 1. The predicted octanol–water partition coefficient (Wildman–Crippen LogP) is 2.65. The summed E-state index contributed by atoms with van der Waals surface area (Å²) in [7, 11) is 0. The van der Waals surface area contributed by atoms with Crippen LogP contribution in [0.2, 0.25) is 0 Å². The first-order chi connectivity index (χ1) is 15.5. The standard InChI is InChI=1S/C22H25BrN6O3/c1-15-21(23)16(2)29(24-15)13-28-6-5-18(25-28)22(30)27-9-7-26(8-10-27)12-17-3-4-19-20(11-17)32-14-31-19/h3-6,11H,7-10,12-14H2,1-2H3. The molecule has 0 radical (unpaired) electrons. The van der Waals surface area contributed by atoms with Gasteiger partial charge in [0.05, 0.1) is 15.9 Å². The molecule has 0 N–H and O–H groups in total. The van der Waals surface area contributed by atoms with Gasteiger partial charge in [-0.1, -0.05) is 6.07 Å². The van der Waals surface area contributed by atoms with E-state index in [0.29, 0.717) is 25.5 Å². The van der Waals surface area contributed by atoms with Crippen molar-refractivity contribution < 1.29 is 14.3 Å². The Morgan fingerprint density at radius 2 is 1.84 bits per heavy atom. The van der Waals surface area contributed by atoms with Gasteiger partial charge in [0.2, 0.25) is 6.79 Å². The zero-order valence-electron chi connectivity index (χ0n) is 18.1. The van der Waals surface area contributed by atoms with Crippen LogP contribution >= 0.6 is 15.9 Å². The largest absolute Gasteiger partial charge is 0.454 e. The van der Waals surface area contributed by atoms with Crippen LogP contribution in [0.25, 0.3) is 0 Å². The number of piperazine rings is 1. The molecule has 3 aromatic rings. The van der Waals surface area contributed by atoms with Crippen molar-refractivity contribution in [2.45, 2.75) is 27.1 Å². The number of aromatic nitrogens is 4. The van der Waals surface area contributed by atoms with E-state index in [0.717, 1.165) is 47.0 Å². The molecule has 168 valence electrons. The van der Waals surface area contributed by atoms with Gasteiger partial charge in [-0.2, -0.15) is 10.2 Å². The first-order valence-electron chi connectivity index (χ1n) is 10.6. The van der Waals surface area contributed by atoms with Gasteiger partial charge in [-0.05, 0) is 53.5 Å². The predicted molar refractivity (Wildman–Crippen MR) is 121 cm³/mol. The summed E-state index contributed by atoms with van der Waals surface area (Å²) < 4.78 is 15.5. The number of amides is 1. The summed E-state index contributed by atoms with van der Waals surface area (Å²) in [4.78, 5) is 17.2. The number of fused-ring (bicyclic) bond motifs is 1. The maximum Gasteiger partial charge on any atom is 0.274 e. The van der Waals surface area contributed by atoms with Crippen LogP contribution in [-0.2, 0) is 13.2 Å². The molecule has 1 aromatic carbocycles. The third-order valence-corrected chi connectivity index (χ3v) is 7.08. The van der Waals surface area contributed by atoms with Crippen LogP contribution in [0.15, 0.2) is 34.9 Å². The van der Waals surface area contributed by atoms with E-state index in [-0.39, 0.29) is 12.7 Å². The van der Waals surface area contributed by atoms with Gasteiger partial charge in [0.1, 0.15) is 12.4 Å². The molecular weight excluding hydrogens is 476 g/mol. The Labute approximate surface area is 194 Å². The van der Waals surface area contributed by atoms with Crippen LogP contribution in [0.1, 0.15) is 27.4 Å². The lowest BCUT2D eigenvalue weighted by Gasteiger charge is -2.34. The fourth-order valence-corrected chi connectivity index (χ4v) is 4.36. The molecule has 1 fully saturated rings. The molecule has 0 saturated carbocycles. The van der Waals surface area contributed by atoms with Gasteiger partial charge in [0.25, 0.3) is 5.91 Å². The Kier molecular flexibility index (Phi) is 5.64. The number of rotatable bonds is 5. The fraction of sp³-hybridized carbons (Fsp3) is 0.409. The van der Waals surface area contributed by atoms with Gasteiger partial charge in [0.15, 0.2) is 11.5 Å². The Morgan fingerprint density at radius 3 is 2.59 bits per heavy atom. The summed E-state index contributed by atoms with van der Waals surface area (Å²) in [6.45, 7) is 8.54. The number of hydrogen-bond acceptors (Lipinski definition) is 6. The van der Waals surface area contributed by atoms with Gasteiger partial charge in [0, 0.05) is 38.9 Å². The zero-order chi connectivity index (χ0) is 22.2. The average molecular weight is 501 g/mol. The molecule has 32 heavy (non-hydrogen) atoms. The Morgan fingerprint density at radius 1 is 1.06 bits per heavy atom. The maximum atomic E-state index is 13.0. The number of halogens is 1. The van der Waals surface area contributed by atoms with Crippen molar-refractivity contribution in [1.82, 2.24) is 29.4 Å². The molecule has 5 rings (SSSR count). The van der Waals surface area contributed by atoms with E-state index in [2.05, 4.69) is 37.1 Å². The molecule has 1 amide bonds. The van der Waals surface area contributed by atoms with Crippen LogP contribution in [0, 0.1) is 13.8 Å². The summed E-state index contributed by atoms with van der Waals surface area (Å²) in [6.07, 6.45) is 1.83. The second-order valence-corrected chi connectivity index (χ2v) is 8.92. The zero-order valence-corrected chi connectivity index (χ0v) is 19.7. The third kappa shape index (κ3) is 4.12. The second-order valence-electron chi connectivity index (χ2n) is 8.12. The quantitative estimate of drug-likeness (QED) is 0.535. The minimum Gasteiger partial charge on any atom is -0.454 e. The van der Waals surface area contributed by atoms with Crippen molar-refractivity contribution in [2.75, 3.05) is 33.0 Å². The number of benzene rings is 1. The van der Waals surface area contributed by atoms with Gasteiger partial charge in [-0.25, -0.2) is 4.68 Å². The van der Waals surface area contributed by atoms with E-state index in [1.54, 1.807) is 10.7 Å². The molecule has 0 unspecified atom stereocenters. The lowest BCUT2D eigenvalue weighted by Crippen LogP contribution is -2.48. The molecule has 1 saturated heterocycles. The molecule has 4 heterocycles. The summed E-state index contributed by atoms with van der Waals surface area (Å²) in [5.41, 5.74) is 3.62. The summed E-state index contributed by atoms with van der Waals surface area (Å²) in [6, 6.07) is 7.84. The highest BCUT2D eigenvalue weighted by Crippen LogP contribution is 2.32. The van der Waals surface area contributed by atoms with Crippen molar-refractivity contribution in [3.8, 4) is 11.5 Å². The SMILES string of the molecule is Cc1nn(Cn2ccc(C(=O)N3CCN(Cc4ccc5c(c4)OCO5)CC3)n2)c(C)c1Br. The average Bonchev–Trinajstić information content (AvgIpc) is 3.51. The van der Waals surface area contributed by atoms with Crippen molar-refractivity contribution in [3.05, 3.63) is 57.6 Å². The minimum absolute atomic E-state index is 0.0268. The molecule has 0 spiro atoms. The van der Waals surface area contributed by atoms with E-state index in [4.69, 9.17) is 9.47 Å². The number of hydrogen-bond donors (Lipinski definition) is 0. The molecule has 2 aliphatic heterocycles. The Bertz CT molecular complexity index is 1150. The van der Waals surface area contributed by atoms with Crippen LogP contribution < -0.4 is 9.47 Å². The van der Waals surface area contributed by atoms with Gasteiger partial charge < -0.3 is 14.4 Å². The molecule has 10 heteroatoms. The minimum atomic E-state index is -0.0268. The fourth-order valence-electron chi connectivity index (χ4n) is 4.07. The summed E-state index contributed by atoms with van der Waals surface area (Å²) in [5.74, 6) is 1.58. The number of ether oxygens (including phenoxy) is 2. The molecule has 0 atom stereocenters. The molecule has 2 aromatic heterocycles. The van der Waals surface area contributed by atoms with Crippen molar-refractivity contribution in [1.29, 1.82) is 0 Å². The number of nitrogens with zero attached hydrogens (tertiary/aromatic N) is 6. The van der Waals surface area contributed by atoms with E-state index in [1.165, 1.54) is 5.56 Å². The molecule has 2 aliphatic rings. The van der Waals surface area contributed by atoms with Gasteiger partial charge >= 0.3 is 0 Å². The first kappa shape index (κ1) is 21.0. The number of aryl methyl sites for hydroxylation is 1. The van der Waals surface area contributed by atoms with Crippen molar-refractivity contribution in [3.63, 3.8) is 0 Å². The van der Waals surface area contributed by atoms with Crippen molar-refractivity contribution in [2.24, 2.45) is 0 Å². The highest BCUT2D eigenvalue weighted by Gasteiger charge is 2.24.